The van der Waals surface area contributed by atoms with E-state index in [9.17, 15) is 9.59 Å². The minimum Gasteiger partial charge on any atom is -0.497 e. The first-order valence-electron chi connectivity index (χ1n) is 10.1. The summed E-state index contributed by atoms with van der Waals surface area (Å²) in [6.07, 6.45) is 0. The third-order valence-corrected chi connectivity index (χ3v) is 5.03. The number of hydrogen-bond donors (Lipinski definition) is 1. The molecule has 162 valence electrons. The molecule has 0 saturated heterocycles. The highest BCUT2D eigenvalue weighted by molar-refractivity contribution is 5.99. The second-order valence-electron chi connectivity index (χ2n) is 7.37. The van der Waals surface area contributed by atoms with Gasteiger partial charge in [-0.25, -0.2) is 4.68 Å². The molecule has 0 atom stereocenters. The Balaban J connectivity index is 1.36. The first kappa shape index (κ1) is 21.0. The molecule has 0 bridgehead atoms. The number of para-hydroxylation sites is 1. The maximum atomic E-state index is 12.7. The number of rotatable bonds is 7. The lowest BCUT2D eigenvalue weighted by Gasteiger charge is -2.17. The summed E-state index contributed by atoms with van der Waals surface area (Å²) in [4.78, 5) is 26.5. The number of methoxy groups -OCH3 is 1. The molecule has 0 saturated carbocycles. The molecule has 1 heterocycles. The van der Waals surface area contributed by atoms with Crippen molar-refractivity contribution in [2.24, 2.45) is 0 Å². The topological polar surface area (TPSA) is 89.4 Å². The highest BCUT2D eigenvalue weighted by atomic mass is 16.5. The Morgan fingerprint density at radius 2 is 1.81 bits per heavy atom. The number of benzene rings is 3. The van der Waals surface area contributed by atoms with E-state index in [2.05, 4.69) is 15.6 Å². The van der Waals surface area contributed by atoms with Gasteiger partial charge in [0.1, 0.15) is 11.3 Å². The molecule has 32 heavy (non-hydrogen) atoms. The van der Waals surface area contributed by atoms with Crippen molar-refractivity contribution in [2.75, 3.05) is 26.0 Å². The minimum absolute atomic E-state index is 0.0667. The van der Waals surface area contributed by atoms with Gasteiger partial charge in [0.25, 0.3) is 5.91 Å². The van der Waals surface area contributed by atoms with Gasteiger partial charge in [-0.3, -0.25) is 9.59 Å². The van der Waals surface area contributed by atoms with Gasteiger partial charge in [-0.1, -0.05) is 35.5 Å². The first-order valence-corrected chi connectivity index (χ1v) is 10.1. The molecule has 0 aliphatic carbocycles. The summed E-state index contributed by atoms with van der Waals surface area (Å²) in [6, 6.07) is 22.1. The van der Waals surface area contributed by atoms with Crippen molar-refractivity contribution in [2.45, 2.75) is 6.54 Å². The normalized spacial score (nSPS) is 10.7. The lowest BCUT2D eigenvalue weighted by atomic mass is 10.1. The molecule has 0 aliphatic rings. The van der Waals surface area contributed by atoms with Crippen LogP contribution in [0.4, 0.5) is 5.69 Å². The van der Waals surface area contributed by atoms with Crippen LogP contribution in [0, 0.1) is 0 Å². The van der Waals surface area contributed by atoms with Gasteiger partial charge >= 0.3 is 0 Å². The van der Waals surface area contributed by atoms with Gasteiger partial charge in [0.2, 0.25) is 5.91 Å². The minimum atomic E-state index is -0.288. The number of fused-ring (bicyclic) bond motifs is 1. The van der Waals surface area contributed by atoms with Crippen LogP contribution in [0.25, 0.3) is 11.0 Å². The van der Waals surface area contributed by atoms with Crippen LogP contribution in [0.15, 0.2) is 72.8 Å². The van der Waals surface area contributed by atoms with Gasteiger partial charge in [-0.15, -0.1) is 5.10 Å². The van der Waals surface area contributed by atoms with E-state index in [1.54, 1.807) is 50.6 Å². The van der Waals surface area contributed by atoms with E-state index < -0.39 is 0 Å². The molecule has 0 spiro atoms. The average Bonchev–Trinajstić information content (AvgIpc) is 3.22. The number of anilines is 1. The third kappa shape index (κ3) is 4.75. The smallest absolute Gasteiger partial charge is 0.254 e. The zero-order valence-electron chi connectivity index (χ0n) is 17.9. The van der Waals surface area contributed by atoms with E-state index in [-0.39, 0.29) is 18.4 Å². The molecule has 0 fully saturated rings. The van der Waals surface area contributed by atoms with Crippen molar-refractivity contribution in [1.29, 1.82) is 0 Å². The maximum Gasteiger partial charge on any atom is 0.254 e. The molecule has 1 N–H and O–H groups in total. The summed E-state index contributed by atoms with van der Waals surface area (Å²) in [5, 5.41) is 11.1. The van der Waals surface area contributed by atoms with Gasteiger partial charge in [0.15, 0.2) is 0 Å². The zero-order valence-corrected chi connectivity index (χ0v) is 17.9. The van der Waals surface area contributed by atoms with Crippen molar-refractivity contribution >= 4 is 28.5 Å². The summed E-state index contributed by atoms with van der Waals surface area (Å²) in [7, 11) is 3.16. The van der Waals surface area contributed by atoms with Crippen molar-refractivity contribution in [3.05, 3.63) is 83.9 Å². The van der Waals surface area contributed by atoms with E-state index in [1.165, 1.54) is 4.90 Å². The highest BCUT2D eigenvalue weighted by Crippen LogP contribution is 2.17. The summed E-state index contributed by atoms with van der Waals surface area (Å²) >= 11 is 0. The Bertz CT molecular complexity index is 1250. The molecule has 2 amide bonds. The van der Waals surface area contributed by atoms with Crippen LogP contribution in [0.1, 0.15) is 15.9 Å². The number of likely N-dealkylation sites (N-methyl/N-ethyl adjacent to an activating group) is 1. The largest absolute Gasteiger partial charge is 0.497 e. The van der Waals surface area contributed by atoms with E-state index in [4.69, 9.17) is 4.74 Å². The highest BCUT2D eigenvalue weighted by Gasteiger charge is 2.15. The lowest BCUT2D eigenvalue weighted by Crippen LogP contribution is -2.34. The fourth-order valence-electron chi connectivity index (χ4n) is 3.37. The second-order valence-corrected chi connectivity index (χ2v) is 7.37. The number of aromatic nitrogens is 3. The number of nitrogens with zero attached hydrogens (tertiary/aromatic N) is 4. The molecule has 3 aromatic carbocycles. The molecular weight excluding hydrogens is 406 g/mol. The third-order valence-electron chi connectivity index (χ3n) is 5.03. The van der Waals surface area contributed by atoms with E-state index in [0.717, 1.165) is 16.6 Å². The van der Waals surface area contributed by atoms with Crippen LogP contribution in [-0.2, 0) is 11.3 Å². The van der Waals surface area contributed by atoms with Crippen molar-refractivity contribution < 1.29 is 14.3 Å². The van der Waals surface area contributed by atoms with Crippen LogP contribution < -0.4 is 10.1 Å². The summed E-state index contributed by atoms with van der Waals surface area (Å²) < 4.78 is 6.97. The summed E-state index contributed by atoms with van der Waals surface area (Å²) in [6.45, 7) is 0.483. The Morgan fingerprint density at radius 1 is 1.03 bits per heavy atom. The van der Waals surface area contributed by atoms with E-state index in [0.29, 0.717) is 23.5 Å². The van der Waals surface area contributed by atoms with Gasteiger partial charge in [-0.2, -0.15) is 0 Å². The van der Waals surface area contributed by atoms with Crippen molar-refractivity contribution in [3.63, 3.8) is 0 Å². The lowest BCUT2D eigenvalue weighted by molar-refractivity contribution is -0.116. The summed E-state index contributed by atoms with van der Waals surface area (Å²) in [5.74, 6) is 0.124. The number of amides is 2. The van der Waals surface area contributed by atoms with Crippen LogP contribution in [-0.4, -0.2) is 52.4 Å². The number of ether oxygens (including phenoxy) is 1. The molecule has 0 radical (unpaired) electrons. The van der Waals surface area contributed by atoms with Gasteiger partial charge in [0, 0.05) is 24.4 Å². The van der Waals surface area contributed by atoms with Crippen LogP contribution in [0.5, 0.6) is 5.75 Å². The Labute approximate surface area is 185 Å². The molecule has 4 aromatic rings. The van der Waals surface area contributed by atoms with Gasteiger partial charge < -0.3 is 15.0 Å². The van der Waals surface area contributed by atoms with Gasteiger partial charge in [0.05, 0.1) is 25.7 Å². The van der Waals surface area contributed by atoms with Crippen molar-refractivity contribution in [3.8, 4) is 5.75 Å². The standard InChI is InChI=1S/C24H23N5O3/c1-28(16-23(30)25-19-6-5-7-20(14-19)32-2)24(31)18-12-10-17(11-13-18)15-29-22-9-4-3-8-21(22)26-27-29/h3-14H,15-16H2,1-2H3,(H,25,30). The Hall–Kier alpha value is -4.20. The Morgan fingerprint density at radius 3 is 2.59 bits per heavy atom. The maximum absolute atomic E-state index is 12.7. The Kier molecular flexibility index (Phi) is 6.12. The predicted octanol–water partition coefficient (Wildman–Crippen LogP) is 3.20. The molecule has 0 unspecified atom stereocenters. The van der Waals surface area contributed by atoms with Crippen LogP contribution in [0.2, 0.25) is 0 Å². The predicted molar refractivity (Wildman–Crippen MR) is 122 cm³/mol. The van der Waals surface area contributed by atoms with Crippen molar-refractivity contribution in [1.82, 2.24) is 19.9 Å². The first-order chi connectivity index (χ1) is 15.5. The van der Waals surface area contributed by atoms with E-state index >= 15 is 0 Å². The SMILES string of the molecule is COc1cccc(NC(=O)CN(C)C(=O)c2ccc(Cn3nnc4ccccc43)cc2)c1. The van der Waals surface area contributed by atoms with Crippen LogP contribution >= 0.6 is 0 Å². The average molecular weight is 429 g/mol. The number of carbonyl (C=O) groups is 2. The fourth-order valence-corrected chi connectivity index (χ4v) is 3.37. The molecular formula is C24H23N5O3. The number of nitrogens with one attached hydrogen (secondary N) is 1. The van der Waals surface area contributed by atoms with Gasteiger partial charge in [-0.05, 0) is 42.0 Å². The van der Waals surface area contributed by atoms with Crippen LogP contribution in [0.3, 0.4) is 0 Å². The van der Waals surface area contributed by atoms with E-state index in [1.807, 2.05) is 41.1 Å². The summed E-state index contributed by atoms with van der Waals surface area (Å²) in [5.41, 5.74) is 3.91. The number of hydrogen-bond acceptors (Lipinski definition) is 5. The fraction of sp³-hybridized carbons (Fsp3) is 0.167. The number of carbonyl (C=O) groups excluding carboxylic acids is 2. The zero-order chi connectivity index (χ0) is 22.5. The molecule has 4 rings (SSSR count). The molecule has 1 aromatic heterocycles. The second kappa shape index (κ2) is 9.30. The molecule has 8 nitrogen and oxygen atoms in total. The monoisotopic (exact) mass is 429 g/mol. The molecule has 8 heteroatoms. The quantitative estimate of drug-likeness (QED) is 0.487. The molecule has 0 aliphatic heterocycles.